The van der Waals surface area contributed by atoms with Crippen LogP contribution in [0.1, 0.15) is 27.9 Å². The Bertz CT molecular complexity index is 850. The van der Waals surface area contributed by atoms with Gasteiger partial charge in [0, 0.05) is 22.8 Å². The molecule has 3 aromatic rings. The molecule has 0 aliphatic rings. The molecule has 0 aliphatic carbocycles. The molecule has 0 radical (unpaired) electrons. The number of nitrogens with one attached hydrogen (secondary N) is 2. The quantitative estimate of drug-likeness (QED) is 0.571. The Labute approximate surface area is 137 Å². The molecule has 0 spiro atoms. The SMILES string of the molecule is C/C(=N/NC(=O)c1cc(-c2ccc(C)s2)[nH]n1)c1ccncc1. The van der Waals surface area contributed by atoms with Gasteiger partial charge in [-0.2, -0.15) is 10.2 Å². The van der Waals surface area contributed by atoms with Crippen LogP contribution in [0.15, 0.2) is 47.8 Å². The topological polar surface area (TPSA) is 83.0 Å². The number of amides is 1. The highest BCUT2D eigenvalue weighted by molar-refractivity contribution is 7.15. The molecule has 3 aromatic heterocycles. The second-order valence-electron chi connectivity index (χ2n) is 4.95. The average molecular weight is 325 g/mol. The van der Waals surface area contributed by atoms with Crippen LogP contribution in [-0.4, -0.2) is 26.8 Å². The van der Waals surface area contributed by atoms with E-state index in [1.54, 1.807) is 29.8 Å². The normalized spacial score (nSPS) is 11.5. The lowest BCUT2D eigenvalue weighted by Gasteiger charge is -2.00. The van der Waals surface area contributed by atoms with Gasteiger partial charge in [0.25, 0.3) is 5.91 Å². The molecule has 0 aliphatic heterocycles. The summed E-state index contributed by atoms with van der Waals surface area (Å²) in [7, 11) is 0. The second-order valence-corrected chi connectivity index (χ2v) is 6.24. The summed E-state index contributed by atoms with van der Waals surface area (Å²) in [4.78, 5) is 18.3. The number of nitrogens with zero attached hydrogens (tertiary/aromatic N) is 3. The number of rotatable bonds is 4. The van der Waals surface area contributed by atoms with Crippen molar-refractivity contribution < 1.29 is 4.79 Å². The molecule has 3 rings (SSSR count). The molecule has 6 nitrogen and oxygen atoms in total. The minimum atomic E-state index is -0.353. The van der Waals surface area contributed by atoms with Crippen LogP contribution in [0.3, 0.4) is 0 Å². The Morgan fingerprint density at radius 2 is 2.04 bits per heavy atom. The molecule has 0 unspecified atom stereocenters. The van der Waals surface area contributed by atoms with Crippen molar-refractivity contribution in [3.8, 4) is 10.6 Å². The number of carbonyl (C=O) groups is 1. The molecule has 2 N–H and O–H groups in total. The number of H-pyrrole nitrogens is 1. The molecular weight excluding hydrogens is 310 g/mol. The Hall–Kier alpha value is -2.80. The predicted molar refractivity (Wildman–Crippen MR) is 90.6 cm³/mol. The van der Waals surface area contributed by atoms with Gasteiger partial charge in [-0.15, -0.1) is 11.3 Å². The third-order valence-corrected chi connectivity index (χ3v) is 4.27. The number of carbonyl (C=O) groups excluding carboxylic acids is 1. The van der Waals surface area contributed by atoms with Gasteiger partial charge in [-0.25, -0.2) is 5.43 Å². The molecule has 3 heterocycles. The first-order chi connectivity index (χ1) is 11.1. The number of thiophene rings is 1. The van der Waals surface area contributed by atoms with E-state index in [1.807, 2.05) is 38.1 Å². The Kier molecular flexibility index (Phi) is 4.29. The molecule has 23 heavy (non-hydrogen) atoms. The molecule has 116 valence electrons. The van der Waals surface area contributed by atoms with E-state index in [9.17, 15) is 4.79 Å². The van der Waals surface area contributed by atoms with E-state index in [0.29, 0.717) is 11.4 Å². The third kappa shape index (κ3) is 3.51. The van der Waals surface area contributed by atoms with Gasteiger partial charge in [0.2, 0.25) is 0 Å². The summed E-state index contributed by atoms with van der Waals surface area (Å²) >= 11 is 1.64. The fourth-order valence-corrected chi connectivity index (χ4v) is 2.83. The average Bonchev–Trinajstić information content (AvgIpc) is 3.22. The molecular formula is C16H15N5OS. The first-order valence-electron chi connectivity index (χ1n) is 7.01. The van der Waals surface area contributed by atoms with E-state index in [0.717, 1.165) is 16.1 Å². The molecule has 0 saturated heterocycles. The Balaban J connectivity index is 1.71. The van der Waals surface area contributed by atoms with Gasteiger partial charge < -0.3 is 0 Å². The first kappa shape index (κ1) is 15.1. The minimum absolute atomic E-state index is 0.303. The number of aryl methyl sites for hydroxylation is 1. The number of aromatic nitrogens is 3. The Morgan fingerprint density at radius 3 is 2.74 bits per heavy atom. The highest BCUT2D eigenvalue weighted by Gasteiger charge is 2.12. The lowest BCUT2D eigenvalue weighted by Crippen LogP contribution is -2.19. The van der Waals surface area contributed by atoms with E-state index in [1.165, 1.54) is 4.88 Å². The molecule has 0 bridgehead atoms. The van der Waals surface area contributed by atoms with Crippen molar-refractivity contribution in [2.45, 2.75) is 13.8 Å². The highest BCUT2D eigenvalue weighted by Crippen LogP contribution is 2.26. The van der Waals surface area contributed by atoms with Gasteiger partial charge in [0.05, 0.1) is 16.3 Å². The van der Waals surface area contributed by atoms with E-state index in [2.05, 4.69) is 25.7 Å². The number of hydrogen-bond acceptors (Lipinski definition) is 5. The summed E-state index contributed by atoms with van der Waals surface area (Å²) in [6.07, 6.45) is 3.36. The summed E-state index contributed by atoms with van der Waals surface area (Å²) in [6, 6.07) is 9.41. The van der Waals surface area contributed by atoms with Crippen LogP contribution in [0.25, 0.3) is 10.6 Å². The zero-order valence-electron chi connectivity index (χ0n) is 12.7. The third-order valence-electron chi connectivity index (χ3n) is 3.24. The zero-order chi connectivity index (χ0) is 16.2. The van der Waals surface area contributed by atoms with Crippen LogP contribution in [0, 0.1) is 6.92 Å². The van der Waals surface area contributed by atoms with Crippen LogP contribution >= 0.6 is 11.3 Å². The largest absolute Gasteiger partial charge is 0.291 e. The van der Waals surface area contributed by atoms with Crippen molar-refractivity contribution in [2.75, 3.05) is 0 Å². The molecule has 0 fully saturated rings. The van der Waals surface area contributed by atoms with E-state index in [4.69, 9.17) is 0 Å². The van der Waals surface area contributed by atoms with Crippen molar-refractivity contribution in [2.24, 2.45) is 5.10 Å². The van der Waals surface area contributed by atoms with Crippen molar-refractivity contribution in [3.63, 3.8) is 0 Å². The van der Waals surface area contributed by atoms with Gasteiger partial charge in [-0.05, 0) is 44.2 Å². The van der Waals surface area contributed by atoms with Crippen LogP contribution in [0.5, 0.6) is 0 Å². The monoisotopic (exact) mass is 325 g/mol. The van der Waals surface area contributed by atoms with Crippen molar-refractivity contribution in [1.82, 2.24) is 20.6 Å². The fraction of sp³-hybridized carbons (Fsp3) is 0.125. The zero-order valence-corrected chi connectivity index (χ0v) is 13.5. The van der Waals surface area contributed by atoms with Crippen molar-refractivity contribution in [3.05, 3.63) is 58.9 Å². The minimum Gasteiger partial charge on any atom is -0.276 e. The summed E-state index contributed by atoms with van der Waals surface area (Å²) in [5.74, 6) is -0.353. The van der Waals surface area contributed by atoms with Gasteiger partial charge in [0.15, 0.2) is 5.69 Å². The standard InChI is InChI=1S/C16H15N5OS/c1-10-3-4-15(23-10)13-9-14(20-19-13)16(22)21-18-11(2)12-5-7-17-8-6-12/h3-9H,1-2H3,(H,19,20)(H,21,22)/b18-11-. The Morgan fingerprint density at radius 1 is 1.26 bits per heavy atom. The maximum absolute atomic E-state index is 12.1. The highest BCUT2D eigenvalue weighted by atomic mass is 32.1. The number of hydrogen-bond donors (Lipinski definition) is 2. The summed E-state index contributed by atoms with van der Waals surface area (Å²) in [5, 5.41) is 11.0. The maximum Gasteiger partial charge on any atom is 0.291 e. The van der Waals surface area contributed by atoms with E-state index in [-0.39, 0.29) is 5.91 Å². The summed E-state index contributed by atoms with van der Waals surface area (Å²) in [6.45, 7) is 3.86. The van der Waals surface area contributed by atoms with Crippen LogP contribution in [-0.2, 0) is 0 Å². The van der Waals surface area contributed by atoms with Gasteiger partial charge in [-0.3, -0.25) is 14.9 Å². The van der Waals surface area contributed by atoms with E-state index >= 15 is 0 Å². The van der Waals surface area contributed by atoms with Crippen molar-refractivity contribution >= 4 is 23.0 Å². The van der Waals surface area contributed by atoms with E-state index < -0.39 is 0 Å². The van der Waals surface area contributed by atoms with Gasteiger partial charge >= 0.3 is 0 Å². The molecule has 0 aromatic carbocycles. The van der Waals surface area contributed by atoms with Gasteiger partial charge in [0.1, 0.15) is 0 Å². The first-order valence-corrected chi connectivity index (χ1v) is 7.82. The number of hydrazone groups is 1. The lowest BCUT2D eigenvalue weighted by atomic mass is 10.2. The molecule has 0 saturated carbocycles. The fourth-order valence-electron chi connectivity index (χ4n) is 1.99. The number of aromatic amines is 1. The summed E-state index contributed by atoms with van der Waals surface area (Å²) in [5.41, 5.74) is 5.24. The van der Waals surface area contributed by atoms with Crippen molar-refractivity contribution in [1.29, 1.82) is 0 Å². The molecule has 7 heteroatoms. The van der Waals surface area contributed by atoms with Crippen LogP contribution in [0.4, 0.5) is 0 Å². The van der Waals surface area contributed by atoms with Gasteiger partial charge in [-0.1, -0.05) is 0 Å². The predicted octanol–water partition coefficient (Wildman–Crippen LogP) is 3.00. The second kappa shape index (κ2) is 6.53. The maximum atomic E-state index is 12.1. The lowest BCUT2D eigenvalue weighted by molar-refractivity contribution is 0.0950. The molecule has 1 amide bonds. The number of pyridine rings is 1. The van der Waals surface area contributed by atoms with Crippen LogP contribution in [0.2, 0.25) is 0 Å². The van der Waals surface area contributed by atoms with Crippen LogP contribution < -0.4 is 5.43 Å². The molecule has 0 atom stereocenters. The summed E-state index contributed by atoms with van der Waals surface area (Å²) < 4.78 is 0. The smallest absolute Gasteiger partial charge is 0.276 e.